The minimum absolute atomic E-state index is 0.154. The molecule has 3 amide bonds. The van der Waals surface area contributed by atoms with Gasteiger partial charge in [-0.3, -0.25) is 9.59 Å². The Morgan fingerprint density at radius 3 is 2.20 bits per heavy atom. The van der Waals surface area contributed by atoms with E-state index in [1.807, 2.05) is 49.9 Å². The topological polar surface area (TPSA) is 82.6 Å². The molecular weight excluding hydrogens is 655 g/mol. The van der Waals surface area contributed by atoms with E-state index in [-0.39, 0.29) is 29.5 Å². The maximum Gasteiger partial charge on any atom is 0.410 e. The Bertz CT molecular complexity index is 1420. The summed E-state index contributed by atoms with van der Waals surface area (Å²) in [4.78, 5) is 47.1. The quantitative estimate of drug-likeness (QED) is 0.325. The second-order valence-electron chi connectivity index (χ2n) is 14.1. The number of carbonyl (C=O) groups excluding carboxylic acids is 3. The summed E-state index contributed by atoms with van der Waals surface area (Å²) in [5.74, 6) is -0.484. The predicted octanol–water partition coefficient (Wildman–Crippen LogP) is 6.23. The Morgan fingerprint density at radius 1 is 0.913 bits per heavy atom. The molecule has 5 rings (SSSR count). The molecule has 0 unspecified atom stereocenters. The van der Waals surface area contributed by atoms with E-state index < -0.39 is 23.1 Å². The molecule has 11 heteroatoms. The summed E-state index contributed by atoms with van der Waals surface area (Å²) in [6.45, 7) is 12.0. The monoisotopic (exact) mass is 700 g/mol. The standard InChI is InChI=1S/C35H46BrFN4O5/c1-34(2,3)46-33(44)39-17-15-38(16-18-39)32(43)35(4,5)45-30-20-27(37)19-29(21-30)40-14-6-7-25(23-40)31(42)41(28-12-13-28)22-24-8-10-26(36)11-9-24/h8-11,19-21,25,28H,6-7,12-18,22-23H2,1-5H3/t25-/m1/s1. The van der Waals surface area contributed by atoms with Crippen LogP contribution in [0.3, 0.4) is 0 Å². The molecule has 2 aromatic carbocycles. The molecule has 1 saturated carbocycles. The van der Waals surface area contributed by atoms with Gasteiger partial charge in [0.25, 0.3) is 5.91 Å². The molecule has 2 saturated heterocycles. The van der Waals surface area contributed by atoms with Crippen molar-refractivity contribution in [3.05, 3.63) is 58.3 Å². The third-order valence-corrected chi connectivity index (χ3v) is 9.16. The summed E-state index contributed by atoms with van der Waals surface area (Å²) in [6.07, 6.45) is 3.27. The van der Waals surface area contributed by atoms with Crippen molar-refractivity contribution in [2.45, 2.75) is 84.1 Å². The summed E-state index contributed by atoms with van der Waals surface area (Å²) in [5.41, 5.74) is -0.124. The van der Waals surface area contributed by atoms with Crippen LogP contribution in [0.4, 0.5) is 14.9 Å². The number of carbonyl (C=O) groups is 3. The van der Waals surface area contributed by atoms with E-state index in [2.05, 4.69) is 20.8 Å². The molecule has 0 aromatic heterocycles. The molecule has 0 bridgehead atoms. The van der Waals surface area contributed by atoms with Crippen LogP contribution in [0.15, 0.2) is 46.9 Å². The average Bonchev–Trinajstić information content (AvgIpc) is 3.84. The number of piperidine rings is 1. The van der Waals surface area contributed by atoms with Crippen molar-refractivity contribution < 1.29 is 28.2 Å². The number of ether oxygens (including phenoxy) is 2. The second kappa shape index (κ2) is 13.8. The van der Waals surface area contributed by atoms with E-state index in [1.54, 1.807) is 29.7 Å². The van der Waals surface area contributed by atoms with Gasteiger partial charge in [0, 0.05) is 74.1 Å². The largest absolute Gasteiger partial charge is 0.478 e. The van der Waals surface area contributed by atoms with Gasteiger partial charge >= 0.3 is 6.09 Å². The Morgan fingerprint density at radius 2 is 1.57 bits per heavy atom. The Kier molecular flexibility index (Phi) is 10.2. The number of hydrogen-bond donors (Lipinski definition) is 0. The van der Waals surface area contributed by atoms with Crippen LogP contribution in [-0.4, -0.2) is 89.1 Å². The Hall–Kier alpha value is -3.34. The molecule has 1 atom stereocenters. The molecule has 3 fully saturated rings. The summed E-state index contributed by atoms with van der Waals surface area (Å²) < 4.78 is 27.6. The van der Waals surface area contributed by atoms with E-state index in [9.17, 15) is 18.8 Å². The van der Waals surface area contributed by atoms with Crippen LogP contribution in [-0.2, 0) is 20.9 Å². The van der Waals surface area contributed by atoms with Gasteiger partial charge in [-0.15, -0.1) is 0 Å². The third kappa shape index (κ3) is 8.72. The smallest absolute Gasteiger partial charge is 0.410 e. The van der Waals surface area contributed by atoms with E-state index in [4.69, 9.17) is 9.47 Å². The van der Waals surface area contributed by atoms with Gasteiger partial charge < -0.3 is 29.1 Å². The van der Waals surface area contributed by atoms with Crippen LogP contribution in [0.1, 0.15) is 65.9 Å². The average molecular weight is 702 g/mol. The molecule has 0 spiro atoms. The molecule has 2 aromatic rings. The number of nitrogens with zero attached hydrogens (tertiary/aromatic N) is 4. The highest BCUT2D eigenvalue weighted by molar-refractivity contribution is 9.10. The van der Waals surface area contributed by atoms with Crippen molar-refractivity contribution in [2.75, 3.05) is 44.2 Å². The first-order chi connectivity index (χ1) is 21.7. The van der Waals surface area contributed by atoms with Crippen LogP contribution in [0.2, 0.25) is 0 Å². The lowest BCUT2D eigenvalue weighted by atomic mass is 9.95. The number of halogens is 2. The highest BCUT2D eigenvalue weighted by Crippen LogP contribution is 2.34. The summed E-state index contributed by atoms with van der Waals surface area (Å²) in [6, 6.07) is 12.9. The van der Waals surface area contributed by atoms with Crippen LogP contribution in [0.25, 0.3) is 0 Å². The van der Waals surface area contributed by atoms with Gasteiger partial charge in [0.15, 0.2) is 5.60 Å². The van der Waals surface area contributed by atoms with Crippen molar-refractivity contribution in [3.8, 4) is 5.75 Å². The van der Waals surface area contributed by atoms with Gasteiger partial charge in [-0.25, -0.2) is 9.18 Å². The predicted molar refractivity (Wildman–Crippen MR) is 178 cm³/mol. The van der Waals surface area contributed by atoms with Gasteiger partial charge in [-0.2, -0.15) is 0 Å². The molecule has 46 heavy (non-hydrogen) atoms. The minimum atomic E-state index is -1.27. The van der Waals surface area contributed by atoms with E-state index in [0.717, 1.165) is 35.7 Å². The van der Waals surface area contributed by atoms with Crippen molar-refractivity contribution in [3.63, 3.8) is 0 Å². The van der Waals surface area contributed by atoms with Crippen LogP contribution >= 0.6 is 15.9 Å². The fraction of sp³-hybridized carbons (Fsp3) is 0.571. The zero-order valence-electron chi connectivity index (χ0n) is 27.6. The van der Waals surface area contributed by atoms with Gasteiger partial charge in [0.2, 0.25) is 5.91 Å². The molecule has 3 aliphatic rings. The number of hydrogen-bond acceptors (Lipinski definition) is 6. The molecule has 0 N–H and O–H groups in total. The fourth-order valence-corrected chi connectivity index (χ4v) is 6.40. The van der Waals surface area contributed by atoms with Crippen molar-refractivity contribution in [1.82, 2.24) is 14.7 Å². The zero-order chi connectivity index (χ0) is 33.2. The first-order valence-corrected chi connectivity index (χ1v) is 17.0. The molecule has 2 aliphatic heterocycles. The lowest BCUT2D eigenvalue weighted by Gasteiger charge is -2.39. The summed E-state index contributed by atoms with van der Waals surface area (Å²) in [7, 11) is 0. The lowest BCUT2D eigenvalue weighted by Crippen LogP contribution is -2.57. The Balaban J connectivity index is 1.21. The highest BCUT2D eigenvalue weighted by atomic mass is 79.9. The fourth-order valence-electron chi connectivity index (χ4n) is 6.13. The highest BCUT2D eigenvalue weighted by Gasteiger charge is 2.39. The summed E-state index contributed by atoms with van der Waals surface area (Å²) >= 11 is 3.48. The van der Waals surface area contributed by atoms with Crippen molar-refractivity contribution >= 4 is 39.5 Å². The first kappa shape index (κ1) is 34.0. The van der Waals surface area contributed by atoms with Crippen LogP contribution in [0.5, 0.6) is 5.75 Å². The maximum absolute atomic E-state index is 15.0. The summed E-state index contributed by atoms with van der Waals surface area (Å²) in [5, 5.41) is 0. The molecule has 0 radical (unpaired) electrons. The number of anilines is 1. The van der Waals surface area contributed by atoms with Gasteiger partial charge in [0.05, 0.1) is 5.92 Å². The molecular formula is C35H46BrFN4O5. The van der Waals surface area contributed by atoms with E-state index in [1.165, 1.54) is 12.1 Å². The van der Waals surface area contributed by atoms with Gasteiger partial charge in [0.1, 0.15) is 17.2 Å². The molecule has 250 valence electrons. The normalized spacial score (nSPS) is 19.1. The number of amides is 3. The van der Waals surface area contributed by atoms with Crippen LogP contribution in [0, 0.1) is 11.7 Å². The maximum atomic E-state index is 15.0. The molecule has 1 aliphatic carbocycles. The lowest BCUT2D eigenvalue weighted by molar-refractivity contribution is -0.147. The van der Waals surface area contributed by atoms with E-state index in [0.29, 0.717) is 51.5 Å². The SMILES string of the molecule is CC(C)(C)OC(=O)N1CCN(C(=O)C(C)(C)Oc2cc(F)cc(N3CCC[C@@H](C(=O)N(Cc4ccc(Br)cc4)C4CC4)C3)c2)CC1. The third-order valence-electron chi connectivity index (χ3n) is 8.64. The second-order valence-corrected chi connectivity index (χ2v) is 15.0. The zero-order valence-corrected chi connectivity index (χ0v) is 29.1. The van der Waals surface area contributed by atoms with Gasteiger partial charge in [-0.05, 0) is 84.1 Å². The number of rotatable bonds is 8. The number of benzene rings is 2. The van der Waals surface area contributed by atoms with Gasteiger partial charge in [-0.1, -0.05) is 28.1 Å². The number of piperazine rings is 1. The van der Waals surface area contributed by atoms with Crippen molar-refractivity contribution in [2.24, 2.45) is 5.92 Å². The minimum Gasteiger partial charge on any atom is -0.478 e. The van der Waals surface area contributed by atoms with E-state index >= 15 is 0 Å². The molecule has 2 heterocycles. The molecule has 9 nitrogen and oxygen atoms in total. The Labute approximate surface area is 280 Å². The first-order valence-electron chi connectivity index (χ1n) is 16.3. The van der Waals surface area contributed by atoms with Crippen LogP contribution < -0.4 is 9.64 Å². The van der Waals surface area contributed by atoms with Crippen molar-refractivity contribution in [1.29, 1.82) is 0 Å².